The van der Waals surface area contributed by atoms with Gasteiger partial charge in [0.1, 0.15) is 0 Å². The first kappa shape index (κ1) is 15.3. The molecule has 18 heavy (non-hydrogen) atoms. The average Bonchev–Trinajstić information content (AvgIpc) is 2.62. The summed E-state index contributed by atoms with van der Waals surface area (Å²) < 4.78 is 1.75. The number of carbonyl (C=O) groups is 1. The minimum Gasteiger partial charge on any atom is -0.323 e. The van der Waals surface area contributed by atoms with E-state index in [-0.39, 0.29) is 18.3 Å². The summed E-state index contributed by atoms with van der Waals surface area (Å²) in [6.07, 6.45) is 2.22. The van der Waals surface area contributed by atoms with E-state index in [0.29, 0.717) is 12.5 Å². The Kier molecular flexibility index (Phi) is 5.98. The van der Waals surface area contributed by atoms with Crippen LogP contribution in [0.2, 0.25) is 0 Å². The molecule has 0 spiro atoms. The Bertz CT molecular complexity index is 404. The maximum atomic E-state index is 11.8. The lowest BCUT2D eigenvalue weighted by Crippen LogP contribution is -2.39. The summed E-state index contributed by atoms with van der Waals surface area (Å²) in [5, 5.41) is 10.4. The number of aromatic nitrogens is 2. The number of hydrogen-bond donors (Lipinski definition) is 2. The van der Waals surface area contributed by atoms with Crippen LogP contribution in [0.15, 0.2) is 6.20 Å². The van der Waals surface area contributed by atoms with Gasteiger partial charge < -0.3 is 10.6 Å². The van der Waals surface area contributed by atoms with Gasteiger partial charge >= 0.3 is 0 Å². The predicted molar refractivity (Wildman–Crippen MR) is 77.6 cm³/mol. The van der Waals surface area contributed by atoms with Crippen LogP contribution in [-0.2, 0) is 11.8 Å². The van der Waals surface area contributed by atoms with E-state index in [9.17, 15) is 4.79 Å². The van der Waals surface area contributed by atoms with Gasteiger partial charge in [-0.1, -0.05) is 0 Å². The summed E-state index contributed by atoms with van der Waals surface area (Å²) in [5.41, 5.74) is 1.78. The van der Waals surface area contributed by atoms with Crippen LogP contribution in [0.25, 0.3) is 0 Å². The lowest BCUT2D eigenvalue weighted by Gasteiger charge is -2.22. The van der Waals surface area contributed by atoms with Gasteiger partial charge in [-0.05, 0) is 6.92 Å². The molecule has 2 rings (SSSR count). The molecule has 1 atom stereocenters. The summed E-state index contributed by atoms with van der Waals surface area (Å²) in [7, 11) is 1.87. The SMILES string of the molecule is Cc1c(NC(=O)CC2CSCCN2)cnn1C.Cl. The molecule has 7 heteroatoms. The molecular weight excluding hydrogens is 272 g/mol. The number of carbonyl (C=O) groups excluding carboxylic acids is 1. The van der Waals surface area contributed by atoms with E-state index in [2.05, 4.69) is 15.7 Å². The molecule has 0 bridgehead atoms. The van der Waals surface area contributed by atoms with E-state index in [1.807, 2.05) is 25.7 Å². The van der Waals surface area contributed by atoms with Crippen molar-refractivity contribution >= 4 is 35.8 Å². The average molecular weight is 291 g/mol. The number of halogens is 1. The minimum atomic E-state index is 0. The molecule has 0 aliphatic carbocycles. The normalized spacial score (nSPS) is 19.1. The van der Waals surface area contributed by atoms with Crippen molar-refractivity contribution in [3.8, 4) is 0 Å². The zero-order chi connectivity index (χ0) is 12.3. The van der Waals surface area contributed by atoms with Crippen molar-refractivity contribution in [2.45, 2.75) is 19.4 Å². The van der Waals surface area contributed by atoms with Crippen LogP contribution in [-0.4, -0.2) is 39.8 Å². The number of amides is 1. The van der Waals surface area contributed by atoms with Crippen molar-refractivity contribution in [3.63, 3.8) is 0 Å². The zero-order valence-corrected chi connectivity index (χ0v) is 12.2. The van der Waals surface area contributed by atoms with Crippen molar-refractivity contribution < 1.29 is 4.79 Å². The fourth-order valence-electron chi connectivity index (χ4n) is 1.80. The first-order valence-corrected chi connectivity index (χ1v) is 6.92. The Labute approximate surface area is 117 Å². The number of rotatable bonds is 3. The van der Waals surface area contributed by atoms with Gasteiger partial charge in [0.15, 0.2) is 0 Å². The molecule has 1 aliphatic heterocycles. The van der Waals surface area contributed by atoms with Gasteiger partial charge in [0, 0.05) is 37.6 Å². The summed E-state index contributed by atoms with van der Waals surface area (Å²) in [6.45, 7) is 2.94. The molecule has 0 radical (unpaired) electrons. The van der Waals surface area contributed by atoms with Crippen molar-refractivity contribution in [1.29, 1.82) is 0 Å². The first-order valence-electron chi connectivity index (χ1n) is 5.76. The second-order valence-electron chi connectivity index (χ2n) is 4.25. The highest BCUT2D eigenvalue weighted by molar-refractivity contribution is 7.99. The molecule has 102 valence electrons. The molecule has 1 amide bonds. The molecule has 1 aromatic rings. The molecular formula is C11H19ClN4OS. The number of hydrogen-bond acceptors (Lipinski definition) is 4. The largest absolute Gasteiger partial charge is 0.323 e. The van der Waals surface area contributed by atoms with Crippen LogP contribution in [0.1, 0.15) is 12.1 Å². The molecule has 1 unspecified atom stereocenters. The smallest absolute Gasteiger partial charge is 0.226 e. The third-order valence-electron chi connectivity index (χ3n) is 2.94. The van der Waals surface area contributed by atoms with E-state index in [4.69, 9.17) is 0 Å². The number of thioether (sulfide) groups is 1. The number of anilines is 1. The Morgan fingerprint density at radius 2 is 2.50 bits per heavy atom. The van der Waals surface area contributed by atoms with Gasteiger partial charge in [0.25, 0.3) is 0 Å². The fourth-order valence-corrected chi connectivity index (χ4v) is 2.75. The van der Waals surface area contributed by atoms with Crippen molar-refractivity contribution in [3.05, 3.63) is 11.9 Å². The third kappa shape index (κ3) is 3.90. The van der Waals surface area contributed by atoms with E-state index >= 15 is 0 Å². The molecule has 1 aliphatic rings. The lowest BCUT2D eigenvalue weighted by molar-refractivity contribution is -0.116. The lowest BCUT2D eigenvalue weighted by atomic mass is 10.2. The second kappa shape index (κ2) is 7.01. The molecule has 1 fully saturated rings. The van der Waals surface area contributed by atoms with Crippen molar-refractivity contribution in [2.75, 3.05) is 23.4 Å². The van der Waals surface area contributed by atoms with Crippen LogP contribution >= 0.6 is 24.2 Å². The predicted octanol–water partition coefficient (Wildman–Crippen LogP) is 1.18. The van der Waals surface area contributed by atoms with Crippen LogP contribution in [0.3, 0.4) is 0 Å². The maximum Gasteiger partial charge on any atom is 0.226 e. The highest BCUT2D eigenvalue weighted by Crippen LogP contribution is 2.14. The molecule has 1 aromatic heterocycles. The Hall–Kier alpha value is -0.720. The highest BCUT2D eigenvalue weighted by Gasteiger charge is 2.17. The monoisotopic (exact) mass is 290 g/mol. The van der Waals surface area contributed by atoms with E-state index in [1.54, 1.807) is 10.9 Å². The van der Waals surface area contributed by atoms with E-state index < -0.39 is 0 Å². The number of nitrogens with one attached hydrogen (secondary N) is 2. The Morgan fingerprint density at radius 1 is 1.72 bits per heavy atom. The first-order chi connectivity index (χ1) is 8.16. The van der Waals surface area contributed by atoms with Crippen LogP contribution < -0.4 is 10.6 Å². The Morgan fingerprint density at radius 3 is 3.06 bits per heavy atom. The van der Waals surface area contributed by atoms with Gasteiger partial charge in [-0.2, -0.15) is 16.9 Å². The van der Waals surface area contributed by atoms with E-state index in [1.165, 1.54) is 0 Å². The zero-order valence-electron chi connectivity index (χ0n) is 10.6. The molecule has 0 saturated carbocycles. The van der Waals surface area contributed by atoms with Crippen molar-refractivity contribution in [2.24, 2.45) is 7.05 Å². The standard InChI is InChI=1S/C11H18N4OS.ClH/c1-8-10(6-13-15(8)2)14-11(16)5-9-7-17-4-3-12-9;/h6,9,12H,3-5,7H2,1-2H3,(H,14,16);1H. The van der Waals surface area contributed by atoms with Gasteiger partial charge in [-0.3, -0.25) is 9.48 Å². The highest BCUT2D eigenvalue weighted by atomic mass is 35.5. The van der Waals surface area contributed by atoms with Crippen LogP contribution in [0.4, 0.5) is 5.69 Å². The van der Waals surface area contributed by atoms with Gasteiger partial charge in [-0.15, -0.1) is 12.4 Å². The maximum absolute atomic E-state index is 11.8. The second-order valence-corrected chi connectivity index (χ2v) is 5.40. The van der Waals surface area contributed by atoms with Gasteiger partial charge in [0.2, 0.25) is 5.91 Å². The molecule has 5 nitrogen and oxygen atoms in total. The number of aryl methyl sites for hydroxylation is 1. The van der Waals surface area contributed by atoms with Crippen LogP contribution in [0, 0.1) is 6.92 Å². The third-order valence-corrected chi connectivity index (χ3v) is 4.07. The fraction of sp³-hybridized carbons (Fsp3) is 0.636. The molecule has 1 saturated heterocycles. The molecule has 2 heterocycles. The van der Waals surface area contributed by atoms with Crippen molar-refractivity contribution in [1.82, 2.24) is 15.1 Å². The van der Waals surface area contributed by atoms with Gasteiger partial charge in [-0.25, -0.2) is 0 Å². The summed E-state index contributed by atoms with van der Waals surface area (Å²) in [6, 6.07) is 0.297. The summed E-state index contributed by atoms with van der Waals surface area (Å²) in [4.78, 5) is 11.8. The van der Waals surface area contributed by atoms with Gasteiger partial charge in [0.05, 0.1) is 17.6 Å². The summed E-state index contributed by atoms with van der Waals surface area (Å²) in [5.74, 6) is 2.21. The van der Waals surface area contributed by atoms with E-state index in [0.717, 1.165) is 29.4 Å². The summed E-state index contributed by atoms with van der Waals surface area (Å²) >= 11 is 1.90. The molecule has 0 aromatic carbocycles. The topological polar surface area (TPSA) is 59.0 Å². The quantitative estimate of drug-likeness (QED) is 0.878. The Balaban J connectivity index is 0.00000162. The minimum absolute atomic E-state index is 0. The number of nitrogens with zero attached hydrogens (tertiary/aromatic N) is 2. The molecule has 2 N–H and O–H groups in total. The van der Waals surface area contributed by atoms with Crippen LogP contribution in [0.5, 0.6) is 0 Å².